The standard InChI is InChI=1S/C18H19F4N3OS.ClH/c19-11-8-12(20)17(22)15(16(11)21)10-7-14-13(23-18(27)25(14)9-10)1-2-24-3-5-26-6-4-24;/h8,10H,1-7,9H2,(H,23,27);1H. The molecule has 1 fully saturated rings. The molecule has 1 saturated heterocycles. The van der Waals surface area contributed by atoms with Crippen molar-refractivity contribution in [1.29, 1.82) is 0 Å². The zero-order valence-corrected chi connectivity index (χ0v) is 16.6. The number of nitrogens with zero attached hydrogens (tertiary/aromatic N) is 2. The van der Waals surface area contributed by atoms with Crippen LogP contribution in [0, 0.1) is 28.0 Å². The number of H-pyrrole nitrogens is 1. The fourth-order valence-electron chi connectivity index (χ4n) is 3.94. The van der Waals surface area contributed by atoms with Crippen molar-refractivity contribution in [2.24, 2.45) is 0 Å². The number of nitrogens with one attached hydrogen (secondary N) is 1. The summed E-state index contributed by atoms with van der Waals surface area (Å²) in [6, 6.07) is 0.240. The molecule has 2 aromatic rings. The second-order valence-corrected chi connectivity index (χ2v) is 7.34. The Morgan fingerprint density at radius 3 is 2.39 bits per heavy atom. The average Bonchev–Trinajstić information content (AvgIpc) is 3.20. The third-order valence-electron chi connectivity index (χ3n) is 5.36. The average molecular weight is 438 g/mol. The SMILES string of the molecule is Cl.Fc1cc(F)c(F)c(C2Cc3c(CCN4CCOCC4)[nH]c(=S)n3C2)c1F. The van der Waals surface area contributed by atoms with E-state index >= 15 is 0 Å². The molecule has 0 amide bonds. The van der Waals surface area contributed by atoms with E-state index in [1.165, 1.54) is 0 Å². The summed E-state index contributed by atoms with van der Waals surface area (Å²) in [6.45, 7) is 4.13. The van der Waals surface area contributed by atoms with Gasteiger partial charge in [0, 0.05) is 61.5 Å². The number of hydrogen-bond acceptors (Lipinski definition) is 3. The van der Waals surface area contributed by atoms with Gasteiger partial charge in [-0.15, -0.1) is 12.4 Å². The zero-order valence-electron chi connectivity index (χ0n) is 14.9. The van der Waals surface area contributed by atoms with Gasteiger partial charge in [0.1, 0.15) is 0 Å². The fraction of sp³-hybridized carbons (Fsp3) is 0.500. The monoisotopic (exact) mass is 437 g/mol. The number of fused-ring (bicyclic) bond motifs is 1. The largest absolute Gasteiger partial charge is 0.379 e. The van der Waals surface area contributed by atoms with Crippen LogP contribution in [0.4, 0.5) is 17.6 Å². The van der Waals surface area contributed by atoms with Gasteiger partial charge in [0.25, 0.3) is 0 Å². The van der Waals surface area contributed by atoms with Gasteiger partial charge in [0.05, 0.1) is 13.2 Å². The molecule has 3 heterocycles. The topological polar surface area (TPSA) is 33.2 Å². The minimum absolute atomic E-state index is 0. The number of aromatic amines is 1. The van der Waals surface area contributed by atoms with Gasteiger partial charge in [-0.05, 0) is 18.6 Å². The lowest BCUT2D eigenvalue weighted by Crippen LogP contribution is -2.37. The molecule has 0 aliphatic carbocycles. The van der Waals surface area contributed by atoms with Crippen LogP contribution in [0.15, 0.2) is 6.07 Å². The Balaban J connectivity index is 0.00000225. The molecule has 0 bridgehead atoms. The molecule has 2 aliphatic heterocycles. The number of ether oxygens (including phenoxy) is 1. The van der Waals surface area contributed by atoms with E-state index in [9.17, 15) is 17.6 Å². The van der Waals surface area contributed by atoms with E-state index in [4.69, 9.17) is 17.0 Å². The van der Waals surface area contributed by atoms with Crippen molar-refractivity contribution in [3.05, 3.63) is 51.1 Å². The molecule has 154 valence electrons. The number of imidazole rings is 1. The van der Waals surface area contributed by atoms with Crippen LogP contribution < -0.4 is 0 Å². The van der Waals surface area contributed by atoms with Crippen LogP contribution in [0.3, 0.4) is 0 Å². The van der Waals surface area contributed by atoms with Gasteiger partial charge in [-0.2, -0.15) is 0 Å². The van der Waals surface area contributed by atoms with E-state index in [-0.39, 0.29) is 31.4 Å². The van der Waals surface area contributed by atoms with Crippen molar-refractivity contribution in [2.45, 2.75) is 25.3 Å². The third kappa shape index (κ3) is 3.85. The van der Waals surface area contributed by atoms with E-state index in [1.54, 1.807) is 4.57 Å². The number of halogens is 5. The lowest BCUT2D eigenvalue weighted by atomic mass is 9.94. The number of aromatic nitrogens is 2. The first kappa shape index (κ1) is 21.3. The fourth-order valence-corrected chi connectivity index (χ4v) is 4.25. The molecule has 1 aromatic carbocycles. The summed E-state index contributed by atoms with van der Waals surface area (Å²) in [4.78, 5) is 5.44. The molecule has 28 heavy (non-hydrogen) atoms. The lowest BCUT2D eigenvalue weighted by molar-refractivity contribution is 0.0383. The van der Waals surface area contributed by atoms with E-state index < -0.39 is 34.8 Å². The number of hydrogen-bond donors (Lipinski definition) is 1. The highest BCUT2D eigenvalue weighted by Gasteiger charge is 2.33. The summed E-state index contributed by atoms with van der Waals surface area (Å²) < 4.78 is 63.1. The maximum Gasteiger partial charge on any atom is 0.177 e. The van der Waals surface area contributed by atoms with E-state index in [1.807, 2.05) is 0 Å². The Morgan fingerprint density at radius 1 is 1.11 bits per heavy atom. The Morgan fingerprint density at radius 2 is 1.75 bits per heavy atom. The molecule has 2 aliphatic rings. The highest BCUT2D eigenvalue weighted by atomic mass is 35.5. The highest BCUT2D eigenvalue weighted by molar-refractivity contribution is 7.71. The number of morpholine rings is 1. The highest BCUT2D eigenvalue weighted by Crippen LogP contribution is 2.36. The van der Waals surface area contributed by atoms with Crippen LogP contribution in [0.5, 0.6) is 0 Å². The van der Waals surface area contributed by atoms with Crippen molar-refractivity contribution in [1.82, 2.24) is 14.5 Å². The van der Waals surface area contributed by atoms with E-state index in [0.717, 1.165) is 31.0 Å². The van der Waals surface area contributed by atoms with Crippen LogP contribution in [0.25, 0.3) is 0 Å². The van der Waals surface area contributed by atoms with Crippen LogP contribution in [-0.2, 0) is 24.1 Å². The molecule has 1 aromatic heterocycles. The van der Waals surface area contributed by atoms with Crippen molar-refractivity contribution in [3.63, 3.8) is 0 Å². The maximum atomic E-state index is 14.2. The van der Waals surface area contributed by atoms with Crippen LogP contribution in [0.1, 0.15) is 22.9 Å². The van der Waals surface area contributed by atoms with Gasteiger partial charge in [-0.25, -0.2) is 17.6 Å². The normalized spacial score (nSPS) is 19.5. The predicted octanol–water partition coefficient (Wildman–Crippen LogP) is 3.74. The van der Waals surface area contributed by atoms with Gasteiger partial charge in [-0.3, -0.25) is 4.90 Å². The van der Waals surface area contributed by atoms with Gasteiger partial charge in [-0.1, -0.05) is 0 Å². The van der Waals surface area contributed by atoms with Gasteiger partial charge >= 0.3 is 0 Å². The third-order valence-corrected chi connectivity index (χ3v) is 5.68. The Hall–Kier alpha value is -1.42. The van der Waals surface area contributed by atoms with Crippen molar-refractivity contribution in [3.8, 4) is 0 Å². The minimum Gasteiger partial charge on any atom is -0.379 e. The van der Waals surface area contributed by atoms with Gasteiger partial charge in [0.15, 0.2) is 28.0 Å². The summed E-state index contributed by atoms with van der Waals surface area (Å²) in [7, 11) is 0. The molecule has 1 N–H and O–H groups in total. The first-order valence-corrected chi connectivity index (χ1v) is 9.30. The first-order valence-electron chi connectivity index (χ1n) is 8.89. The molecule has 1 atom stereocenters. The molecule has 0 radical (unpaired) electrons. The predicted molar refractivity (Wildman–Crippen MR) is 101 cm³/mol. The van der Waals surface area contributed by atoms with Gasteiger partial charge in [0.2, 0.25) is 0 Å². The molecule has 0 saturated carbocycles. The molecule has 10 heteroatoms. The quantitative estimate of drug-likeness (QED) is 0.449. The van der Waals surface area contributed by atoms with E-state index in [2.05, 4.69) is 9.88 Å². The smallest absolute Gasteiger partial charge is 0.177 e. The second kappa shape index (κ2) is 8.52. The number of rotatable bonds is 4. The Bertz CT molecular complexity index is 900. The van der Waals surface area contributed by atoms with E-state index in [0.29, 0.717) is 24.4 Å². The summed E-state index contributed by atoms with van der Waals surface area (Å²) >= 11 is 5.33. The molecular weight excluding hydrogens is 418 g/mol. The maximum absolute atomic E-state index is 14.2. The van der Waals surface area contributed by atoms with Crippen molar-refractivity contribution >= 4 is 24.6 Å². The Kier molecular flexibility index (Phi) is 6.48. The second-order valence-electron chi connectivity index (χ2n) is 6.95. The summed E-state index contributed by atoms with van der Waals surface area (Å²) in [5, 5.41) is 0. The minimum atomic E-state index is -1.38. The molecule has 1 unspecified atom stereocenters. The molecular formula is C18H20ClF4N3OS. The molecule has 4 nitrogen and oxygen atoms in total. The van der Waals surface area contributed by atoms with Crippen LogP contribution >= 0.6 is 24.6 Å². The van der Waals surface area contributed by atoms with Crippen molar-refractivity contribution in [2.75, 3.05) is 32.8 Å². The number of benzene rings is 1. The van der Waals surface area contributed by atoms with Crippen LogP contribution in [-0.4, -0.2) is 47.3 Å². The summed E-state index contributed by atoms with van der Waals surface area (Å²) in [5.41, 5.74) is 1.22. The van der Waals surface area contributed by atoms with Crippen molar-refractivity contribution < 1.29 is 22.3 Å². The summed E-state index contributed by atoms with van der Waals surface area (Å²) in [5.74, 6) is -6.09. The van der Waals surface area contributed by atoms with Crippen LogP contribution in [0.2, 0.25) is 0 Å². The summed E-state index contributed by atoms with van der Waals surface area (Å²) in [6.07, 6.45) is 0.990. The zero-order chi connectivity index (χ0) is 19.1. The molecule has 0 spiro atoms. The molecule has 4 rings (SSSR count). The first-order chi connectivity index (χ1) is 13.0. The van der Waals surface area contributed by atoms with Gasteiger partial charge < -0.3 is 14.3 Å². The Labute approximate surface area is 170 Å². The lowest BCUT2D eigenvalue weighted by Gasteiger charge is -2.26.